The Labute approximate surface area is 513 Å². The van der Waals surface area contributed by atoms with Crippen molar-refractivity contribution in [3.63, 3.8) is 0 Å². The van der Waals surface area contributed by atoms with Crippen LogP contribution in [-0.4, -0.2) is 37.2 Å². The van der Waals surface area contributed by atoms with Gasteiger partial charge in [-0.05, 0) is 128 Å². The van der Waals surface area contributed by atoms with Crippen LogP contribution in [0.1, 0.15) is 316 Å². The molecule has 472 valence electrons. The van der Waals surface area contributed by atoms with Crippen LogP contribution in [0.25, 0.3) is 0 Å². The molecule has 0 N–H and O–H groups in total. The van der Waals surface area contributed by atoms with Gasteiger partial charge in [0.1, 0.15) is 13.2 Å². The molecule has 0 spiro atoms. The smallest absolute Gasteiger partial charge is 0.306 e. The second-order valence-electron chi connectivity index (χ2n) is 22.7. The fourth-order valence-corrected chi connectivity index (χ4v) is 9.50. The highest BCUT2D eigenvalue weighted by Gasteiger charge is 2.19. The van der Waals surface area contributed by atoms with Crippen molar-refractivity contribution in [2.24, 2.45) is 0 Å². The molecule has 0 bridgehead atoms. The first-order chi connectivity index (χ1) is 41.0. The first-order valence-corrected chi connectivity index (χ1v) is 34.7. The van der Waals surface area contributed by atoms with E-state index in [1.807, 2.05) is 0 Å². The monoisotopic (exact) mass is 1150 g/mol. The van der Waals surface area contributed by atoms with Crippen molar-refractivity contribution in [3.8, 4) is 0 Å². The molecule has 83 heavy (non-hydrogen) atoms. The van der Waals surface area contributed by atoms with Crippen molar-refractivity contribution in [2.45, 2.75) is 322 Å². The summed E-state index contributed by atoms with van der Waals surface area (Å²) in [7, 11) is 0. The Kier molecular flexibility index (Phi) is 66.3. The van der Waals surface area contributed by atoms with Crippen LogP contribution in [0.5, 0.6) is 0 Å². The number of carbonyl (C=O) groups excluding carboxylic acids is 3. The molecule has 0 saturated carbocycles. The van der Waals surface area contributed by atoms with Gasteiger partial charge in [0.2, 0.25) is 0 Å². The summed E-state index contributed by atoms with van der Waals surface area (Å²) in [4.78, 5) is 38.4. The van der Waals surface area contributed by atoms with Gasteiger partial charge in [-0.3, -0.25) is 14.4 Å². The lowest BCUT2D eigenvalue weighted by molar-refractivity contribution is -0.167. The molecule has 6 nitrogen and oxygen atoms in total. The van der Waals surface area contributed by atoms with E-state index in [4.69, 9.17) is 14.2 Å². The lowest BCUT2D eigenvalue weighted by Gasteiger charge is -2.18. The van der Waals surface area contributed by atoms with Gasteiger partial charge in [-0.1, -0.05) is 302 Å². The van der Waals surface area contributed by atoms with Gasteiger partial charge in [0, 0.05) is 19.3 Å². The molecule has 0 saturated heterocycles. The zero-order chi connectivity index (χ0) is 59.9. The molecule has 0 amide bonds. The summed E-state index contributed by atoms with van der Waals surface area (Å²) in [6.07, 6.45) is 99.0. The van der Waals surface area contributed by atoms with Gasteiger partial charge >= 0.3 is 17.9 Å². The number of unbranched alkanes of at least 4 members (excludes halogenated alkanes) is 29. The zero-order valence-electron chi connectivity index (χ0n) is 54.2. The Morgan fingerprint density at radius 3 is 0.735 bits per heavy atom. The van der Waals surface area contributed by atoms with E-state index in [9.17, 15) is 14.4 Å². The number of carbonyl (C=O) groups is 3. The van der Waals surface area contributed by atoms with Gasteiger partial charge in [0.15, 0.2) is 6.10 Å². The molecule has 0 aliphatic heterocycles. The minimum Gasteiger partial charge on any atom is -0.462 e. The maximum absolute atomic E-state index is 12.9. The average Bonchev–Trinajstić information content (AvgIpc) is 3.49. The Morgan fingerprint density at radius 2 is 0.470 bits per heavy atom. The highest BCUT2D eigenvalue weighted by molar-refractivity contribution is 5.71. The largest absolute Gasteiger partial charge is 0.462 e. The van der Waals surface area contributed by atoms with E-state index < -0.39 is 6.10 Å². The highest BCUT2D eigenvalue weighted by Crippen LogP contribution is 2.17. The van der Waals surface area contributed by atoms with Crippen molar-refractivity contribution in [1.29, 1.82) is 0 Å². The molecule has 0 rings (SSSR count). The first kappa shape index (κ1) is 78.5. The molecule has 0 aliphatic carbocycles. The highest BCUT2D eigenvalue weighted by atomic mass is 16.6. The number of hydrogen-bond acceptors (Lipinski definition) is 6. The molecule has 0 fully saturated rings. The number of rotatable bonds is 62. The Hall–Kier alpha value is -4.45. The molecular formula is C77H128O6. The summed E-state index contributed by atoms with van der Waals surface area (Å²) in [6, 6.07) is 0. The molecule has 0 aromatic carbocycles. The third kappa shape index (κ3) is 68.2. The number of hydrogen-bond donors (Lipinski definition) is 0. The van der Waals surface area contributed by atoms with Crippen molar-refractivity contribution in [3.05, 3.63) is 134 Å². The zero-order valence-corrected chi connectivity index (χ0v) is 54.2. The molecule has 1 unspecified atom stereocenters. The summed E-state index contributed by atoms with van der Waals surface area (Å²) in [5.41, 5.74) is 0. The third-order valence-corrected chi connectivity index (χ3v) is 14.6. The summed E-state index contributed by atoms with van der Waals surface area (Å²) >= 11 is 0. The number of esters is 3. The lowest BCUT2D eigenvalue weighted by atomic mass is 10.0. The van der Waals surface area contributed by atoms with Crippen molar-refractivity contribution < 1.29 is 28.6 Å². The molecule has 0 aromatic rings. The summed E-state index contributed by atoms with van der Waals surface area (Å²) in [5, 5.41) is 0. The Bertz CT molecular complexity index is 1750. The van der Waals surface area contributed by atoms with E-state index in [1.54, 1.807) is 0 Å². The predicted octanol–water partition coefficient (Wildman–Crippen LogP) is 24.1. The van der Waals surface area contributed by atoms with Crippen LogP contribution < -0.4 is 0 Å². The first-order valence-electron chi connectivity index (χ1n) is 34.7. The van der Waals surface area contributed by atoms with E-state index in [2.05, 4.69) is 154 Å². The van der Waals surface area contributed by atoms with Crippen molar-refractivity contribution in [1.82, 2.24) is 0 Å². The molecular weight excluding hydrogens is 1020 g/mol. The fraction of sp³-hybridized carbons (Fsp3) is 0.675. The van der Waals surface area contributed by atoms with Gasteiger partial charge in [0.05, 0.1) is 0 Å². The van der Waals surface area contributed by atoms with Crippen LogP contribution >= 0.6 is 0 Å². The topological polar surface area (TPSA) is 78.9 Å². The molecule has 6 heteroatoms. The van der Waals surface area contributed by atoms with Crippen LogP contribution in [0.4, 0.5) is 0 Å². The maximum atomic E-state index is 12.9. The average molecular weight is 1150 g/mol. The molecule has 0 aromatic heterocycles. The molecule has 1 atom stereocenters. The van der Waals surface area contributed by atoms with E-state index in [1.165, 1.54) is 122 Å². The summed E-state index contributed by atoms with van der Waals surface area (Å²) in [6.45, 7) is 6.35. The Balaban J connectivity index is 4.27. The SMILES string of the molecule is CC/C=C\C/C=C\C/C=C\C/C=C\C/C=C\CCCCCCCCCCCCCCCCCC(=O)OCC(COC(=O)CCCCCCC/C=C\C/C=C\CCC)OC(=O)CCCCCCCCCC/C=C\C/C=C\C/C=C\C/C=C\CC. The van der Waals surface area contributed by atoms with Crippen LogP contribution in [0.2, 0.25) is 0 Å². The van der Waals surface area contributed by atoms with E-state index >= 15 is 0 Å². The fourth-order valence-electron chi connectivity index (χ4n) is 9.50. The standard InChI is InChI=1S/C77H128O6/c1-4-7-10-13-16-19-22-25-27-29-31-33-34-35-36-37-38-39-40-41-42-44-45-47-49-52-55-58-61-64-67-70-76(79)82-73-74(72-81-75(78)69-66-63-60-57-54-51-24-21-18-15-12-9-6-3)83-77(80)71-68-65-62-59-56-53-50-48-46-43-32-30-28-26-23-20-17-14-11-8-5-2/h7-8,10-12,15-17,19-21,24-28,31-33,35-36,43,74H,4-6,9,13-14,18,22-23,29-30,34,37-42,44-73H2,1-3H3/b10-7-,11-8-,15-12-,19-16-,20-17-,24-21-,27-25-,28-26-,33-31-,36-35-,43-32-. The van der Waals surface area contributed by atoms with Crippen LogP contribution in [0.3, 0.4) is 0 Å². The van der Waals surface area contributed by atoms with Crippen LogP contribution in [0, 0.1) is 0 Å². The molecule has 0 aliphatic rings. The van der Waals surface area contributed by atoms with E-state index in [0.717, 1.165) is 154 Å². The van der Waals surface area contributed by atoms with Gasteiger partial charge < -0.3 is 14.2 Å². The van der Waals surface area contributed by atoms with Gasteiger partial charge in [0.25, 0.3) is 0 Å². The number of allylic oxidation sites excluding steroid dienone is 22. The minimum atomic E-state index is -0.793. The normalized spacial score (nSPS) is 13.0. The van der Waals surface area contributed by atoms with Crippen LogP contribution in [-0.2, 0) is 28.6 Å². The van der Waals surface area contributed by atoms with Gasteiger partial charge in [-0.25, -0.2) is 0 Å². The van der Waals surface area contributed by atoms with Crippen molar-refractivity contribution >= 4 is 17.9 Å². The van der Waals surface area contributed by atoms with Gasteiger partial charge in [-0.15, -0.1) is 0 Å². The summed E-state index contributed by atoms with van der Waals surface area (Å²) in [5.74, 6) is -0.903. The maximum Gasteiger partial charge on any atom is 0.306 e. The second kappa shape index (κ2) is 70.0. The molecule has 0 radical (unpaired) electrons. The van der Waals surface area contributed by atoms with E-state index in [0.29, 0.717) is 19.3 Å². The molecule has 0 heterocycles. The Morgan fingerprint density at radius 1 is 0.253 bits per heavy atom. The third-order valence-electron chi connectivity index (χ3n) is 14.6. The van der Waals surface area contributed by atoms with Crippen molar-refractivity contribution in [2.75, 3.05) is 13.2 Å². The van der Waals surface area contributed by atoms with Crippen LogP contribution in [0.15, 0.2) is 134 Å². The summed E-state index contributed by atoms with van der Waals surface area (Å²) < 4.78 is 16.9. The van der Waals surface area contributed by atoms with E-state index in [-0.39, 0.29) is 31.1 Å². The number of ether oxygens (including phenoxy) is 3. The second-order valence-corrected chi connectivity index (χ2v) is 22.7. The lowest BCUT2D eigenvalue weighted by Crippen LogP contribution is -2.30. The minimum absolute atomic E-state index is 0.0873. The predicted molar refractivity (Wildman–Crippen MR) is 362 cm³/mol. The quantitative estimate of drug-likeness (QED) is 0.0261. The van der Waals surface area contributed by atoms with Gasteiger partial charge in [-0.2, -0.15) is 0 Å².